The molecule has 0 aromatic carbocycles. The van der Waals surface area contributed by atoms with E-state index in [0.717, 1.165) is 10.7 Å². The van der Waals surface area contributed by atoms with Crippen molar-refractivity contribution in [2.45, 2.75) is 20.0 Å². The molecule has 6 heteroatoms. The number of aryl methyl sites for hydroxylation is 1. The normalized spacial score (nSPS) is 10.4. The lowest BCUT2D eigenvalue weighted by Gasteiger charge is -2.16. The number of thiazole rings is 1. The Morgan fingerprint density at radius 3 is 2.89 bits per heavy atom. The molecule has 0 saturated carbocycles. The summed E-state index contributed by atoms with van der Waals surface area (Å²) in [7, 11) is 1.71. The van der Waals surface area contributed by atoms with Crippen LogP contribution in [0, 0.1) is 6.92 Å². The number of hydrogen-bond acceptors (Lipinski definition) is 4. The van der Waals surface area contributed by atoms with Crippen LogP contribution in [0.4, 0.5) is 0 Å². The lowest BCUT2D eigenvalue weighted by molar-refractivity contribution is -0.131. The fourth-order valence-electron chi connectivity index (χ4n) is 1.67. The first-order valence-corrected chi connectivity index (χ1v) is 6.74. The number of likely N-dealkylation sites (N-methyl/N-ethyl adjacent to an activating group) is 1. The van der Waals surface area contributed by atoms with Gasteiger partial charge in [0.1, 0.15) is 6.54 Å². The Balaban J connectivity index is 2.00. The maximum Gasteiger partial charge on any atom is 0.250 e. The summed E-state index contributed by atoms with van der Waals surface area (Å²) in [6.45, 7) is 2.45. The quantitative estimate of drug-likeness (QED) is 0.845. The van der Waals surface area contributed by atoms with E-state index in [1.165, 1.54) is 10.6 Å². The topological polar surface area (TPSA) is 55.2 Å². The molecule has 0 atom stereocenters. The molecular formula is C13H15N3O2S. The van der Waals surface area contributed by atoms with Gasteiger partial charge in [-0.05, 0) is 13.0 Å². The fourth-order valence-corrected chi connectivity index (χ4v) is 2.27. The van der Waals surface area contributed by atoms with Crippen LogP contribution in [0.1, 0.15) is 10.7 Å². The minimum absolute atomic E-state index is 0.0549. The number of pyridine rings is 1. The third-order valence-electron chi connectivity index (χ3n) is 2.70. The van der Waals surface area contributed by atoms with Gasteiger partial charge < -0.3 is 9.47 Å². The van der Waals surface area contributed by atoms with E-state index in [1.54, 1.807) is 41.6 Å². The summed E-state index contributed by atoms with van der Waals surface area (Å²) in [5.74, 6) is -0.112. The number of nitrogens with zero attached hydrogens (tertiary/aromatic N) is 3. The molecule has 0 fully saturated rings. The zero-order valence-corrected chi connectivity index (χ0v) is 11.7. The molecule has 0 radical (unpaired) electrons. The van der Waals surface area contributed by atoms with Crippen molar-refractivity contribution < 1.29 is 4.79 Å². The first-order valence-electron chi connectivity index (χ1n) is 5.86. The zero-order valence-electron chi connectivity index (χ0n) is 10.9. The Bertz CT molecular complexity index is 633. The molecule has 1 amide bonds. The summed E-state index contributed by atoms with van der Waals surface area (Å²) >= 11 is 1.56. The van der Waals surface area contributed by atoms with Gasteiger partial charge in [-0.25, -0.2) is 4.98 Å². The van der Waals surface area contributed by atoms with E-state index in [9.17, 15) is 9.59 Å². The number of carbonyl (C=O) groups excluding carboxylic acids is 1. The number of amides is 1. The molecule has 0 N–H and O–H groups in total. The highest BCUT2D eigenvalue weighted by molar-refractivity contribution is 7.09. The third-order valence-corrected chi connectivity index (χ3v) is 3.52. The molecule has 2 rings (SSSR count). The van der Waals surface area contributed by atoms with E-state index in [0.29, 0.717) is 6.54 Å². The molecule has 2 heterocycles. The van der Waals surface area contributed by atoms with E-state index >= 15 is 0 Å². The zero-order chi connectivity index (χ0) is 13.8. The summed E-state index contributed by atoms with van der Waals surface area (Å²) < 4.78 is 1.39. The van der Waals surface area contributed by atoms with Gasteiger partial charge in [0.25, 0.3) is 5.56 Å². The monoisotopic (exact) mass is 277 g/mol. The fraction of sp³-hybridized carbons (Fsp3) is 0.308. The number of aromatic nitrogens is 2. The first-order chi connectivity index (χ1) is 9.06. The Morgan fingerprint density at radius 2 is 2.26 bits per heavy atom. The molecule has 0 saturated heterocycles. The largest absolute Gasteiger partial charge is 0.338 e. The summed E-state index contributed by atoms with van der Waals surface area (Å²) in [4.78, 5) is 29.4. The molecule has 100 valence electrons. The minimum Gasteiger partial charge on any atom is -0.338 e. The summed E-state index contributed by atoms with van der Waals surface area (Å²) in [6.07, 6.45) is 1.61. The van der Waals surface area contributed by atoms with E-state index in [2.05, 4.69) is 4.98 Å². The van der Waals surface area contributed by atoms with Crippen molar-refractivity contribution in [1.82, 2.24) is 14.5 Å². The van der Waals surface area contributed by atoms with Crippen LogP contribution in [0.15, 0.2) is 34.6 Å². The van der Waals surface area contributed by atoms with Gasteiger partial charge in [0.15, 0.2) is 0 Å². The highest BCUT2D eigenvalue weighted by Gasteiger charge is 2.11. The van der Waals surface area contributed by atoms with Gasteiger partial charge in [-0.3, -0.25) is 9.59 Å². The van der Waals surface area contributed by atoms with Gasteiger partial charge in [-0.15, -0.1) is 11.3 Å². The van der Waals surface area contributed by atoms with Crippen LogP contribution in [0.25, 0.3) is 0 Å². The predicted molar refractivity (Wildman–Crippen MR) is 74.0 cm³/mol. The maximum atomic E-state index is 12.0. The molecule has 0 aliphatic carbocycles. The lowest BCUT2D eigenvalue weighted by atomic mass is 10.4. The SMILES string of the molecule is Cc1nc(CN(C)C(=O)Cn2ccccc2=O)cs1. The predicted octanol–water partition coefficient (Wildman–Crippen LogP) is 1.27. The van der Waals surface area contributed by atoms with Crippen LogP contribution < -0.4 is 5.56 Å². The molecule has 2 aromatic heterocycles. The van der Waals surface area contributed by atoms with Crippen LogP contribution in [0.2, 0.25) is 0 Å². The van der Waals surface area contributed by atoms with Gasteiger partial charge in [0, 0.05) is 24.7 Å². The van der Waals surface area contributed by atoms with E-state index in [4.69, 9.17) is 0 Å². The van der Waals surface area contributed by atoms with Crippen molar-refractivity contribution in [2.75, 3.05) is 7.05 Å². The van der Waals surface area contributed by atoms with Crippen molar-refractivity contribution in [3.05, 3.63) is 50.8 Å². The maximum absolute atomic E-state index is 12.0. The second-order valence-electron chi connectivity index (χ2n) is 4.27. The summed E-state index contributed by atoms with van der Waals surface area (Å²) in [6, 6.07) is 4.83. The third kappa shape index (κ3) is 3.51. The Morgan fingerprint density at radius 1 is 1.47 bits per heavy atom. The molecule has 0 unspecified atom stereocenters. The Labute approximate surface area is 115 Å². The molecule has 0 spiro atoms. The average Bonchev–Trinajstić information content (AvgIpc) is 2.77. The van der Waals surface area contributed by atoms with Gasteiger partial charge in [0.05, 0.1) is 17.2 Å². The number of rotatable bonds is 4. The summed E-state index contributed by atoms with van der Waals surface area (Å²) in [5, 5.41) is 2.92. The molecular weight excluding hydrogens is 262 g/mol. The van der Waals surface area contributed by atoms with Crippen molar-refractivity contribution in [2.24, 2.45) is 0 Å². The first kappa shape index (κ1) is 13.5. The Kier molecular flexibility index (Phi) is 4.11. The molecule has 2 aromatic rings. The Hall–Kier alpha value is -1.95. The highest BCUT2D eigenvalue weighted by atomic mass is 32.1. The van der Waals surface area contributed by atoms with Crippen LogP contribution in [-0.4, -0.2) is 27.4 Å². The minimum atomic E-state index is -0.172. The van der Waals surface area contributed by atoms with Crippen LogP contribution in [-0.2, 0) is 17.9 Å². The van der Waals surface area contributed by atoms with Crippen LogP contribution >= 0.6 is 11.3 Å². The van der Waals surface area contributed by atoms with Crippen molar-refractivity contribution in [3.8, 4) is 0 Å². The number of carbonyl (C=O) groups is 1. The van der Waals surface area contributed by atoms with Gasteiger partial charge in [-0.2, -0.15) is 0 Å². The van der Waals surface area contributed by atoms with E-state index < -0.39 is 0 Å². The van der Waals surface area contributed by atoms with Gasteiger partial charge in [0.2, 0.25) is 5.91 Å². The van der Waals surface area contributed by atoms with Gasteiger partial charge >= 0.3 is 0 Å². The standard InChI is InChI=1S/C13H15N3O2S/c1-10-14-11(9-19-10)7-15(2)13(18)8-16-6-4-3-5-12(16)17/h3-6,9H,7-8H2,1-2H3. The van der Waals surface area contributed by atoms with Crippen LogP contribution in [0.5, 0.6) is 0 Å². The molecule has 0 aliphatic heterocycles. The van der Waals surface area contributed by atoms with Crippen LogP contribution in [0.3, 0.4) is 0 Å². The van der Waals surface area contributed by atoms with Crippen molar-refractivity contribution >= 4 is 17.2 Å². The number of hydrogen-bond donors (Lipinski definition) is 0. The lowest BCUT2D eigenvalue weighted by Crippen LogP contribution is -2.33. The van der Waals surface area contributed by atoms with E-state index in [1.807, 2.05) is 12.3 Å². The second kappa shape index (κ2) is 5.79. The molecule has 0 bridgehead atoms. The van der Waals surface area contributed by atoms with Crippen molar-refractivity contribution in [3.63, 3.8) is 0 Å². The molecule has 0 aliphatic rings. The molecule has 5 nitrogen and oxygen atoms in total. The van der Waals surface area contributed by atoms with E-state index in [-0.39, 0.29) is 18.0 Å². The van der Waals surface area contributed by atoms with Gasteiger partial charge in [-0.1, -0.05) is 6.07 Å². The van der Waals surface area contributed by atoms with Crippen molar-refractivity contribution in [1.29, 1.82) is 0 Å². The average molecular weight is 277 g/mol. The highest BCUT2D eigenvalue weighted by Crippen LogP contribution is 2.09. The smallest absolute Gasteiger partial charge is 0.250 e. The summed E-state index contributed by atoms with van der Waals surface area (Å²) in [5.41, 5.74) is 0.701. The second-order valence-corrected chi connectivity index (χ2v) is 5.34. The molecule has 19 heavy (non-hydrogen) atoms.